The number of nitrogens with zero attached hydrogens (tertiary/aromatic N) is 2. The number of piperazine rings is 1. The van der Waals surface area contributed by atoms with Crippen LogP contribution in [0.25, 0.3) is 0 Å². The molecule has 3 heterocycles. The van der Waals surface area contributed by atoms with E-state index < -0.39 is 0 Å². The van der Waals surface area contributed by atoms with Crippen LogP contribution in [-0.4, -0.2) is 73.6 Å². The summed E-state index contributed by atoms with van der Waals surface area (Å²) in [5.74, 6) is 0.221. The first-order chi connectivity index (χ1) is 9.31. The van der Waals surface area contributed by atoms with Gasteiger partial charge in [0, 0.05) is 44.8 Å². The maximum atomic E-state index is 12.1. The Bertz CT molecular complexity index is 317. The molecule has 3 aliphatic heterocycles. The van der Waals surface area contributed by atoms with E-state index >= 15 is 0 Å². The number of piperidine rings is 1. The molecule has 1 amide bonds. The van der Waals surface area contributed by atoms with E-state index in [1.807, 2.05) is 0 Å². The Kier molecular flexibility index (Phi) is 4.35. The Morgan fingerprint density at radius 1 is 1.16 bits per heavy atom. The zero-order valence-electron chi connectivity index (χ0n) is 11.7. The molecule has 0 bridgehead atoms. The molecule has 0 aromatic heterocycles. The second kappa shape index (κ2) is 6.20. The first-order valence-corrected chi connectivity index (χ1v) is 7.78. The fourth-order valence-corrected chi connectivity index (χ4v) is 3.70. The summed E-state index contributed by atoms with van der Waals surface area (Å²) in [6, 6.07) is 1.15. The van der Waals surface area contributed by atoms with Gasteiger partial charge in [-0.15, -0.1) is 0 Å². The normalized spacial score (nSPS) is 33.1. The lowest BCUT2D eigenvalue weighted by Crippen LogP contribution is -2.51. The molecular weight excluding hydrogens is 240 g/mol. The summed E-state index contributed by atoms with van der Waals surface area (Å²) in [5, 5.41) is 6.57. The second-order valence-electron chi connectivity index (χ2n) is 6.15. The minimum Gasteiger partial charge on any atom is -0.352 e. The maximum Gasteiger partial charge on any atom is 0.234 e. The van der Waals surface area contributed by atoms with E-state index in [4.69, 9.17) is 0 Å². The molecule has 3 fully saturated rings. The van der Waals surface area contributed by atoms with Crippen molar-refractivity contribution in [2.24, 2.45) is 0 Å². The number of rotatable bonds is 3. The summed E-state index contributed by atoms with van der Waals surface area (Å²) in [6.45, 7) is 7.02. The largest absolute Gasteiger partial charge is 0.352 e. The van der Waals surface area contributed by atoms with Crippen LogP contribution in [0.1, 0.15) is 25.7 Å². The molecule has 5 heteroatoms. The number of nitrogens with one attached hydrogen (secondary N) is 2. The average molecular weight is 266 g/mol. The second-order valence-corrected chi connectivity index (χ2v) is 6.15. The summed E-state index contributed by atoms with van der Waals surface area (Å²) in [4.78, 5) is 16.9. The van der Waals surface area contributed by atoms with E-state index in [0.29, 0.717) is 12.6 Å². The molecule has 2 N–H and O–H groups in total. The van der Waals surface area contributed by atoms with E-state index in [1.54, 1.807) is 0 Å². The predicted molar refractivity (Wildman–Crippen MR) is 75.1 cm³/mol. The summed E-state index contributed by atoms with van der Waals surface area (Å²) in [7, 11) is 0. The van der Waals surface area contributed by atoms with Gasteiger partial charge in [-0.1, -0.05) is 0 Å². The zero-order valence-corrected chi connectivity index (χ0v) is 11.7. The number of carbonyl (C=O) groups excluding carboxylic acids is 1. The fourth-order valence-electron chi connectivity index (χ4n) is 3.70. The van der Waals surface area contributed by atoms with Crippen LogP contribution in [0.3, 0.4) is 0 Å². The minimum atomic E-state index is 0.221. The molecule has 2 atom stereocenters. The molecule has 3 rings (SSSR count). The Labute approximate surface area is 115 Å². The third kappa shape index (κ3) is 3.46. The lowest BCUT2D eigenvalue weighted by Gasteiger charge is -2.35. The van der Waals surface area contributed by atoms with Crippen LogP contribution in [0.15, 0.2) is 0 Å². The van der Waals surface area contributed by atoms with Crippen molar-refractivity contribution in [2.45, 2.75) is 37.8 Å². The van der Waals surface area contributed by atoms with Gasteiger partial charge in [0.15, 0.2) is 0 Å². The Morgan fingerprint density at radius 3 is 2.84 bits per heavy atom. The van der Waals surface area contributed by atoms with Crippen LogP contribution >= 0.6 is 0 Å². The summed E-state index contributed by atoms with van der Waals surface area (Å²) >= 11 is 0. The number of carbonyl (C=O) groups is 1. The van der Waals surface area contributed by atoms with Crippen molar-refractivity contribution in [3.05, 3.63) is 0 Å². The lowest BCUT2D eigenvalue weighted by atomic mass is 9.97. The Hall–Kier alpha value is -0.650. The highest BCUT2D eigenvalue weighted by molar-refractivity contribution is 5.78. The summed E-state index contributed by atoms with van der Waals surface area (Å²) < 4.78 is 0. The molecule has 0 aromatic carbocycles. The highest BCUT2D eigenvalue weighted by Gasteiger charge is 2.32. The van der Waals surface area contributed by atoms with Gasteiger partial charge in [0.05, 0.1) is 6.54 Å². The topological polar surface area (TPSA) is 47.6 Å². The van der Waals surface area contributed by atoms with Crippen molar-refractivity contribution in [1.82, 2.24) is 20.4 Å². The molecule has 0 aliphatic carbocycles. The van der Waals surface area contributed by atoms with Crippen LogP contribution in [0.5, 0.6) is 0 Å². The van der Waals surface area contributed by atoms with Gasteiger partial charge in [-0.3, -0.25) is 9.69 Å². The third-order valence-corrected chi connectivity index (χ3v) is 4.76. The summed E-state index contributed by atoms with van der Waals surface area (Å²) in [5.41, 5.74) is 0. The van der Waals surface area contributed by atoms with Crippen molar-refractivity contribution >= 4 is 5.91 Å². The molecule has 3 saturated heterocycles. The van der Waals surface area contributed by atoms with Crippen molar-refractivity contribution < 1.29 is 4.79 Å². The molecule has 5 nitrogen and oxygen atoms in total. The predicted octanol–water partition coefficient (Wildman–Crippen LogP) is -0.365. The van der Waals surface area contributed by atoms with Gasteiger partial charge in [-0.25, -0.2) is 0 Å². The Morgan fingerprint density at radius 2 is 2.00 bits per heavy atom. The maximum absolute atomic E-state index is 12.1. The zero-order chi connectivity index (χ0) is 13.1. The molecule has 0 radical (unpaired) electrons. The van der Waals surface area contributed by atoms with Crippen LogP contribution in [0, 0.1) is 0 Å². The monoisotopic (exact) mass is 266 g/mol. The highest BCUT2D eigenvalue weighted by atomic mass is 16.2. The van der Waals surface area contributed by atoms with Gasteiger partial charge >= 0.3 is 0 Å². The van der Waals surface area contributed by atoms with Crippen molar-refractivity contribution in [1.29, 1.82) is 0 Å². The SMILES string of the molecule is O=C(CN1CCNCC1)NC1CCN2CCCC2C1. The van der Waals surface area contributed by atoms with Crippen LogP contribution in [0.2, 0.25) is 0 Å². The van der Waals surface area contributed by atoms with E-state index in [0.717, 1.165) is 45.1 Å². The van der Waals surface area contributed by atoms with E-state index in [2.05, 4.69) is 20.4 Å². The number of hydrogen-bond acceptors (Lipinski definition) is 4. The molecule has 108 valence electrons. The third-order valence-electron chi connectivity index (χ3n) is 4.76. The minimum absolute atomic E-state index is 0.221. The fraction of sp³-hybridized carbons (Fsp3) is 0.929. The summed E-state index contributed by atoms with van der Waals surface area (Å²) in [6.07, 6.45) is 4.95. The van der Waals surface area contributed by atoms with Crippen LogP contribution in [-0.2, 0) is 4.79 Å². The average Bonchev–Trinajstić information content (AvgIpc) is 2.87. The van der Waals surface area contributed by atoms with Gasteiger partial charge in [0.1, 0.15) is 0 Å². The van der Waals surface area contributed by atoms with E-state index in [9.17, 15) is 4.79 Å². The van der Waals surface area contributed by atoms with Crippen LogP contribution in [0.4, 0.5) is 0 Å². The smallest absolute Gasteiger partial charge is 0.234 e. The molecule has 3 aliphatic rings. The number of fused-ring (bicyclic) bond motifs is 1. The molecule has 2 unspecified atom stereocenters. The van der Waals surface area contributed by atoms with Crippen LogP contribution < -0.4 is 10.6 Å². The lowest BCUT2D eigenvalue weighted by molar-refractivity contribution is -0.123. The first kappa shape index (κ1) is 13.3. The first-order valence-electron chi connectivity index (χ1n) is 7.78. The van der Waals surface area contributed by atoms with Gasteiger partial charge in [0.25, 0.3) is 0 Å². The van der Waals surface area contributed by atoms with E-state index in [-0.39, 0.29) is 5.91 Å². The molecular formula is C14H26N4O. The molecule has 0 aromatic rings. The standard InChI is InChI=1S/C14H26N4O/c19-14(11-17-8-4-15-5-9-17)16-12-3-7-18-6-1-2-13(18)10-12/h12-13,15H,1-11H2,(H,16,19). The van der Waals surface area contributed by atoms with Gasteiger partial charge < -0.3 is 15.5 Å². The molecule has 0 spiro atoms. The van der Waals surface area contributed by atoms with Crippen molar-refractivity contribution in [2.75, 3.05) is 45.8 Å². The van der Waals surface area contributed by atoms with Gasteiger partial charge in [-0.05, 0) is 32.2 Å². The molecule has 19 heavy (non-hydrogen) atoms. The quantitative estimate of drug-likeness (QED) is 0.732. The van der Waals surface area contributed by atoms with Crippen molar-refractivity contribution in [3.63, 3.8) is 0 Å². The number of hydrogen-bond donors (Lipinski definition) is 2. The molecule has 0 saturated carbocycles. The van der Waals surface area contributed by atoms with E-state index in [1.165, 1.54) is 25.9 Å². The number of amides is 1. The van der Waals surface area contributed by atoms with Gasteiger partial charge in [-0.2, -0.15) is 0 Å². The van der Waals surface area contributed by atoms with Crippen molar-refractivity contribution in [3.8, 4) is 0 Å². The van der Waals surface area contributed by atoms with Gasteiger partial charge in [0.2, 0.25) is 5.91 Å². The highest BCUT2D eigenvalue weighted by Crippen LogP contribution is 2.26. The Balaban J connectivity index is 1.41.